The van der Waals surface area contributed by atoms with Gasteiger partial charge in [-0.05, 0) is 83.6 Å². The molecular weight excluding hydrogens is 724 g/mol. The van der Waals surface area contributed by atoms with Crippen molar-refractivity contribution in [1.29, 1.82) is 0 Å². The Bertz CT molecular complexity index is 1410. The molecule has 14 unspecified atom stereocenters. The second-order valence-corrected chi connectivity index (χ2v) is 18.3. The summed E-state index contributed by atoms with van der Waals surface area (Å²) in [5, 5.41) is 22.1. The van der Waals surface area contributed by atoms with Gasteiger partial charge in [0.15, 0.2) is 11.6 Å². The Morgan fingerprint density at radius 2 is 1.57 bits per heavy atom. The first-order valence-electron chi connectivity index (χ1n) is 21.6. The normalized spacial score (nSPS) is 45.5. The molecule has 13 heteroatoms. The summed E-state index contributed by atoms with van der Waals surface area (Å²) in [5.41, 5.74) is 2.30. The topological polar surface area (TPSA) is 150 Å². The first kappa shape index (κ1) is 41.3. The molecule has 0 aromatic carbocycles. The van der Waals surface area contributed by atoms with Crippen LogP contribution in [0.5, 0.6) is 0 Å². The van der Waals surface area contributed by atoms with E-state index in [0.717, 1.165) is 69.8 Å². The van der Waals surface area contributed by atoms with Gasteiger partial charge in [-0.15, -0.1) is 0 Å². The fourth-order valence-electron chi connectivity index (χ4n) is 10.6. The van der Waals surface area contributed by atoms with Crippen molar-refractivity contribution in [2.24, 2.45) is 0 Å². The smallest absolute Gasteiger partial charge is 0.308 e. The van der Waals surface area contributed by atoms with Gasteiger partial charge in [-0.1, -0.05) is 18.7 Å². The van der Waals surface area contributed by atoms with Crippen LogP contribution in [0.25, 0.3) is 0 Å². The molecule has 16 atom stereocenters. The van der Waals surface area contributed by atoms with Crippen molar-refractivity contribution in [1.82, 2.24) is 0 Å². The van der Waals surface area contributed by atoms with Gasteiger partial charge in [-0.3, -0.25) is 4.79 Å². The molecule has 0 saturated carbocycles. The first-order chi connectivity index (χ1) is 26.9. The molecule has 8 aliphatic rings. The summed E-state index contributed by atoms with van der Waals surface area (Å²) in [6.07, 6.45) is 9.13. The van der Waals surface area contributed by atoms with E-state index in [1.54, 1.807) is 0 Å². The fraction of sp³-hybridized carbons (Fsp3) is 0.884. The molecule has 0 radical (unpaired) electrons. The monoisotopic (exact) mass is 790 g/mol. The highest BCUT2D eigenvalue weighted by Crippen LogP contribution is 2.48. The second-order valence-electron chi connectivity index (χ2n) is 18.3. The summed E-state index contributed by atoms with van der Waals surface area (Å²) in [5.74, 6) is -1.79. The third kappa shape index (κ3) is 9.28. The van der Waals surface area contributed by atoms with Crippen molar-refractivity contribution in [3.63, 3.8) is 0 Å². The molecule has 56 heavy (non-hydrogen) atoms. The van der Waals surface area contributed by atoms with Gasteiger partial charge in [0.05, 0.1) is 93.4 Å². The molecule has 8 aliphatic heterocycles. The Balaban J connectivity index is 0.755. The molecule has 8 rings (SSSR count). The molecule has 2 N–H and O–H groups in total. The number of carbonyl (C=O) groups is 1. The number of hydrogen-bond acceptors (Lipinski definition) is 13. The number of methoxy groups -OCH3 is 1. The zero-order valence-corrected chi connectivity index (χ0v) is 33.7. The van der Waals surface area contributed by atoms with Gasteiger partial charge in [0.25, 0.3) is 0 Å². The molecule has 8 saturated heterocycles. The molecule has 13 nitrogen and oxygen atoms in total. The van der Waals surface area contributed by atoms with Crippen LogP contribution in [-0.4, -0.2) is 133 Å². The van der Waals surface area contributed by atoms with Crippen molar-refractivity contribution in [3.05, 3.63) is 24.3 Å². The van der Waals surface area contributed by atoms with E-state index in [4.69, 9.17) is 47.4 Å². The van der Waals surface area contributed by atoms with E-state index >= 15 is 0 Å². The largest absolute Gasteiger partial charge is 0.469 e. The number of rotatable bonds is 13. The third-order valence-corrected chi connectivity index (χ3v) is 13.6. The van der Waals surface area contributed by atoms with E-state index < -0.39 is 29.9 Å². The molecule has 0 aromatic rings. The number of carbonyl (C=O) groups excluding carboxylic acids is 1. The van der Waals surface area contributed by atoms with Gasteiger partial charge >= 0.3 is 5.97 Å². The van der Waals surface area contributed by atoms with Crippen molar-refractivity contribution < 1.29 is 62.4 Å². The zero-order valence-electron chi connectivity index (χ0n) is 33.7. The molecule has 4 bridgehead atoms. The Hall–Kier alpha value is -1.49. The summed E-state index contributed by atoms with van der Waals surface area (Å²) in [7, 11) is 1.40. The van der Waals surface area contributed by atoms with Gasteiger partial charge in [0, 0.05) is 38.5 Å². The van der Waals surface area contributed by atoms with Crippen LogP contribution < -0.4 is 0 Å². The van der Waals surface area contributed by atoms with Crippen LogP contribution in [0.2, 0.25) is 0 Å². The first-order valence-corrected chi connectivity index (χ1v) is 21.6. The lowest BCUT2D eigenvalue weighted by Gasteiger charge is -2.51. The number of aliphatic hydroxyl groups is 2. The van der Waals surface area contributed by atoms with Crippen molar-refractivity contribution in [2.75, 3.05) is 13.7 Å². The number of esters is 1. The standard InChI is InChI=1S/C43H66O13/c1-24(9-6-7-16-43-22-29(45)40(56-43)36-21-37(55-43)41-30(51-36)15-14-27(50-41)17-39(46)47-5)10-8-11-26-13-12-25(2)31(49-26)19-32-28(44)18-33-34(52-32)20-35-38(53-33)23-48-42(3,4)54-35/h26-38,40-41,44-45H,1-2,6-23H2,3-5H3/t26-,27?,28?,29?,30?,31?,32?,33?,34?,35?,36?,37+,38?,40?,41?,43?/m0/s1. The highest BCUT2D eigenvalue weighted by atomic mass is 16.7. The molecule has 316 valence electrons. The summed E-state index contributed by atoms with van der Waals surface area (Å²) in [6.45, 7) is 13.1. The minimum absolute atomic E-state index is 0.0876. The zero-order chi connectivity index (χ0) is 39.2. The van der Waals surface area contributed by atoms with Crippen LogP contribution in [0, 0.1) is 0 Å². The SMILES string of the molecule is C=C(CCCCC12CC(O)C(O1)C1C[C@@H](O2)C2OC(CC(=O)OC)CCC2O1)CCC[C@H]1CCC(=C)C(CC2OC3CC4OC(C)(C)OCC4OC3CC2O)O1. The maximum Gasteiger partial charge on any atom is 0.308 e. The molecule has 0 aromatic heterocycles. The van der Waals surface area contributed by atoms with Gasteiger partial charge in [-0.2, -0.15) is 0 Å². The van der Waals surface area contributed by atoms with Gasteiger partial charge in [0.1, 0.15) is 18.3 Å². The maximum atomic E-state index is 11.9. The lowest BCUT2D eigenvalue weighted by Crippen LogP contribution is -2.61. The van der Waals surface area contributed by atoms with Crippen LogP contribution in [0.15, 0.2) is 24.3 Å². The Morgan fingerprint density at radius 1 is 0.786 bits per heavy atom. The predicted octanol–water partition coefficient (Wildman–Crippen LogP) is 5.11. The average molecular weight is 791 g/mol. The lowest BCUT2D eigenvalue weighted by atomic mass is 9.86. The number of fused-ring (bicyclic) bond motifs is 9. The summed E-state index contributed by atoms with van der Waals surface area (Å²) in [6, 6.07) is 0. The highest BCUT2D eigenvalue weighted by Gasteiger charge is 2.59. The Labute approximate surface area is 332 Å². The molecule has 8 fully saturated rings. The van der Waals surface area contributed by atoms with Crippen molar-refractivity contribution in [3.8, 4) is 0 Å². The third-order valence-electron chi connectivity index (χ3n) is 13.6. The quantitative estimate of drug-likeness (QED) is 0.145. The minimum atomic E-state index is -0.870. The Morgan fingerprint density at radius 3 is 2.41 bits per heavy atom. The van der Waals surface area contributed by atoms with E-state index in [0.29, 0.717) is 45.1 Å². The van der Waals surface area contributed by atoms with Crippen molar-refractivity contribution >= 4 is 5.97 Å². The van der Waals surface area contributed by atoms with Crippen LogP contribution in [-0.2, 0) is 52.2 Å². The Kier molecular flexibility index (Phi) is 12.7. The van der Waals surface area contributed by atoms with Crippen LogP contribution in [0.1, 0.15) is 123 Å². The molecule has 0 amide bonds. The number of ether oxygens (including phenoxy) is 10. The molecule has 8 heterocycles. The van der Waals surface area contributed by atoms with E-state index in [2.05, 4.69) is 13.2 Å². The van der Waals surface area contributed by atoms with E-state index in [-0.39, 0.29) is 85.6 Å². The van der Waals surface area contributed by atoms with Crippen LogP contribution >= 0.6 is 0 Å². The number of allylic oxidation sites excluding steroid dienone is 1. The van der Waals surface area contributed by atoms with Gasteiger partial charge in [0.2, 0.25) is 0 Å². The van der Waals surface area contributed by atoms with Crippen molar-refractivity contribution in [2.45, 2.75) is 226 Å². The van der Waals surface area contributed by atoms with Gasteiger partial charge in [-0.25, -0.2) is 0 Å². The highest BCUT2D eigenvalue weighted by molar-refractivity contribution is 5.69. The molecule has 0 spiro atoms. The predicted molar refractivity (Wildman–Crippen MR) is 201 cm³/mol. The summed E-state index contributed by atoms with van der Waals surface area (Å²) in [4.78, 5) is 11.9. The summed E-state index contributed by atoms with van der Waals surface area (Å²) < 4.78 is 62.3. The van der Waals surface area contributed by atoms with E-state index in [9.17, 15) is 15.0 Å². The number of hydrogen-bond donors (Lipinski definition) is 2. The fourth-order valence-corrected chi connectivity index (χ4v) is 10.6. The van der Waals surface area contributed by atoms with Crippen LogP contribution in [0.3, 0.4) is 0 Å². The number of unbranched alkanes of at least 4 members (excludes halogenated alkanes) is 1. The lowest BCUT2D eigenvalue weighted by molar-refractivity contribution is -0.349. The van der Waals surface area contributed by atoms with Crippen LogP contribution in [0.4, 0.5) is 0 Å². The average Bonchev–Trinajstić information content (AvgIpc) is 3.42. The maximum absolute atomic E-state index is 11.9. The summed E-state index contributed by atoms with van der Waals surface area (Å²) >= 11 is 0. The molecule has 0 aliphatic carbocycles. The second kappa shape index (κ2) is 17.2. The minimum Gasteiger partial charge on any atom is -0.469 e. The van der Waals surface area contributed by atoms with E-state index in [1.165, 1.54) is 12.7 Å². The molecular formula is C43H66O13. The van der Waals surface area contributed by atoms with E-state index in [1.807, 2.05) is 13.8 Å². The van der Waals surface area contributed by atoms with Gasteiger partial charge < -0.3 is 57.6 Å². The number of aliphatic hydroxyl groups excluding tert-OH is 2.